The van der Waals surface area contributed by atoms with E-state index < -0.39 is 16.0 Å². The van der Waals surface area contributed by atoms with Gasteiger partial charge in [0, 0.05) is 37.4 Å². The number of amides is 1. The number of rotatable bonds is 7. The fraction of sp³-hybridized carbons (Fsp3) is 0.391. The van der Waals surface area contributed by atoms with Crippen LogP contribution in [-0.2, 0) is 14.8 Å². The van der Waals surface area contributed by atoms with Gasteiger partial charge in [0.25, 0.3) is 10.0 Å². The van der Waals surface area contributed by atoms with Gasteiger partial charge in [-0.25, -0.2) is 13.2 Å². The van der Waals surface area contributed by atoms with E-state index in [1.165, 1.54) is 18.2 Å². The summed E-state index contributed by atoms with van der Waals surface area (Å²) in [4.78, 5) is 28.2. The summed E-state index contributed by atoms with van der Waals surface area (Å²) in [5.41, 5.74) is 0.419. The highest BCUT2D eigenvalue weighted by molar-refractivity contribution is 7.92. The Hall–Kier alpha value is -3.11. The van der Waals surface area contributed by atoms with E-state index in [-0.39, 0.29) is 34.1 Å². The summed E-state index contributed by atoms with van der Waals surface area (Å²) in [6, 6.07) is 12.4. The molecule has 3 N–H and O–H groups in total. The lowest BCUT2D eigenvalue weighted by Crippen LogP contribution is -2.52. The molecule has 9 nitrogen and oxygen atoms in total. The van der Waals surface area contributed by atoms with Gasteiger partial charge in [-0.2, -0.15) is 0 Å². The normalized spacial score (nSPS) is 15.2. The van der Waals surface area contributed by atoms with Gasteiger partial charge in [0.1, 0.15) is 0 Å². The molecule has 1 aliphatic heterocycles. The van der Waals surface area contributed by atoms with Gasteiger partial charge in [-0.15, -0.1) is 0 Å². The molecule has 2 aromatic carbocycles. The van der Waals surface area contributed by atoms with E-state index in [1.54, 1.807) is 30.3 Å². The molecule has 0 saturated carbocycles. The first-order chi connectivity index (χ1) is 15.4. The third kappa shape index (κ3) is 6.69. The van der Waals surface area contributed by atoms with Crippen LogP contribution in [0.2, 0.25) is 0 Å². The monoisotopic (exact) mass is 474 g/mol. The number of sulfonamides is 1. The van der Waals surface area contributed by atoms with E-state index in [0.29, 0.717) is 31.9 Å². The van der Waals surface area contributed by atoms with Gasteiger partial charge in [0.2, 0.25) is 5.91 Å². The number of anilines is 2. The number of carbonyl (C=O) groups is 2. The molecule has 33 heavy (non-hydrogen) atoms. The average Bonchev–Trinajstić information content (AvgIpc) is 2.73. The maximum absolute atomic E-state index is 12.6. The zero-order chi connectivity index (χ0) is 24.2. The number of carbonyl (C=O) groups excluding carboxylic acids is 1. The molecular formula is C23H30N4O5S. The lowest BCUT2D eigenvalue weighted by molar-refractivity contribution is -0.123. The summed E-state index contributed by atoms with van der Waals surface area (Å²) in [6.07, 6.45) is 0. The van der Waals surface area contributed by atoms with Crippen LogP contribution in [0.5, 0.6) is 0 Å². The smallest absolute Gasteiger partial charge is 0.337 e. The molecule has 0 radical (unpaired) electrons. The maximum atomic E-state index is 12.6. The van der Waals surface area contributed by atoms with E-state index in [9.17, 15) is 23.1 Å². The number of benzene rings is 2. The number of nitrogens with zero attached hydrogens (tertiary/aromatic N) is 2. The second-order valence-electron chi connectivity index (χ2n) is 9.02. The summed E-state index contributed by atoms with van der Waals surface area (Å²) >= 11 is 0. The standard InChI is InChI=1S/C23H30N4O5S/c1-23(2,3)24-21(28)16-26-11-13-27(14-12-26)20-10-9-17(15-19(20)22(29)30)25-33(31,32)18-7-5-4-6-8-18/h4-10,15,25H,11-14,16H2,1-3H3,(H,24,28)(H,29,30). The van der Waals surface area contributed by atoms with Gasteiger partial charge >= 0.3 is 5.97 Å². The average molecular weight is 475 g/mol. The Morgan fingerprint density at radius 3 is 2.21 bits per heavy atom. The van der Waals surface area contributed by atoms with Crippen molar-refractivity contribution < 1.29 is 23.1 Å². The van der Waals surface area contributed by atoms with E-state index in [4.69, 9.17) is 0 Å². The van der Waals surface area contributed by atoms with Gasteiger partial charge in [-0.1, -0.05) is 18.2 Å². The minimum absolute atomic E-state index is 0.0159. The van der Waals surface area contributed by atoms with E-state index >= 15 is 0 Å². The van der Waals surface area contributed by atoms with Crippen LogP contribution < -0.4 is 14.9 Å². The van der Waals surface area contributed by atoms with Crippen LogP contribution in [0.3, 0.4) is 0 Å². The lowest BCUT2D eigenvalue weighted by Gasteiger charge is -2.36. The number of nitrogens with one attached hydrogen (secondary N) is 2. The van der Waals surface area contributed by atoms with Crippen molar-refractivity contribution in [2.45, 2.75) is 31.2 Å². The second kappa shape index (κ2) is 9.80. The van der Waals surface area contributed by atoms with Gasteiger partial charge in [0.15, 0.2) is 0 Å². The van der Waals surface area contributed by atoms with Crippen LogP contribution in [0, 0.1) is 0 Å². The molecule has 1 amide bonds. The Kier molecular flexibility index (Phi) is 7.28. The van der Waals surface area contributed by atoms with Crippen molar-refractivity contribution in [2.24, 2.45) is 0 Å². The molecule has 0 unspecified atom stereocenters. The Balaban J connectivity index is 1.69. The molecule has 3 rings (SSSR count). The quantitative estimate of drug-likeness (QED) is 0.563. The van der Waals surface area contributed by atoms with Crippen LogP contribution in [0.15, 0.2) is 53.4 Å². The summed E-state index contributed by atoms with van der Waals surface area (Å²) in [5.74, 6) is -1.19. The fourth-order valence-electron chi connectivity index (χ4n) is 3.67. The highest BCUT2D eigenvalue weighted by atomic mass is 32.2. The topological polar surface area (TPSA) is 119 Å². The van der Waals surface area contributed by atoms with Crippen molar-refractivity contribution in [1.29, 1.82) is 0 Å². The molecule has 0 spiro atoms. The predicted octanol–water partition coefficient (Wildman–Crippen LogP) is 2.22. The number of hydrogen-bond acceptors (Lipinski definition) is 6. The lowest BCUT2D eigenvalue weighted by atomic mass is 10.1. The molecule has 2 aromatic rings. The molecule has 1 fully saturated rings. The Morgan fingerprint density at radius 2 is 1.64 bits per heavy atom. The van der Waals surface area contributed by atoms with Gasteiger partial charge in [-0.3, -0.25) is 14.4 Å². The molecule has 1 heterocycles. The van der Waals surface area contributed by atoms with Crippen LogP contribution in [0.1, 0.15) is 31.1 Å². The Morgan fingerprint density at radius 1 is 1.00 bits per heavy atom. The molecule has 0 atom stereocenters. The summed E-state index contributed by atoms with van der Waals surface area (Å²) in [5, 5.41) is 12.7. The van der Waals surface area contributed by atoms with Crippen LogP contribution in [0.25, 0.3) is 0 Å². The zero-order valence-corrected chi connectivity index (χ0v) is 19.9. The second-order valence-corrected chi connectivity index (χ2v) is 10.7. The molecule has 0 aromatic heterocycles. The first-order valence-corrected chi connectivity index (χ1v) is 12.2. The van der Waals surface area contributed by atoms with Crippen molar-refractivity contribution in [1.82, 2.24) is 10.2 Å². The van der Waals surface area contributed by atoms with Crippen LogP contribution in [0.4, 0.5) is 11.4 Å². The van der Waals surface area contributed by atoms with Crippen molar-refractivity contribution in [3.8, 4) is 0 Å². The van der Waals surface area contributed by atoms with E-state index in [1.807, 2.05) is 30.6 Å². The molecule has 178 valence electrons. The minimum Gasteiger partial charge on any atom is -0.478 e. The molecular weight excluding hydrogens is 444 g/mol. The largest absolute Gasteiger partial charge is 0.478 e. The summed E-state index contributed by atoms with van der Waals surface area (Å²) in [7, 11) is -3.83. The van der Waals surface area contributed by atoms with Gasteiger partial charge in [-0.05, 0) is 51.1 Å². The van der Waals surface area contributed by atoms with Crippen molar-refractivity contribution >= 4 is 33.3 Å². The van der Waals surface area contributed by atoms with Crippen LogP contribution in [-0.4, -0.2) is 68.6 Å². The molecule has 0 aliphatic carbocycles. The van der Waals surface area contributed by atoms with Gasteiger partial charge < -0.3 is 15.3 Å². The first kappa shape index (κ1) is 24.5. The predicted molar refractivity (Wildman–Crippen MR) is 127 cm³/mol. The maximum Gasteiger partial charge on any atom is 0.337 e. The highest BCUT2D eigenvalue weighted by Gasteiger charge is 2.24. The Labute approximate surface area is 194 Å². The SMILES string of the molecule is CC(C)(C)NC(=O)CN1CCN(c2ccc(NS(=O)(=O)c3ccccc3)cc2C(=O)O)CC1. The van der Waals surface area contributed by atoms with Crippen molar-refractivity contribution in [2.75, 3.05) is 42.3 Å². The Bertz CT molecular complexity index is 1110. The fourth-order valence-corrected chi connectivity index (χ4v) is 4.74. The first-order valence-electron chi connectivity index (χ1n) is 10.7. The number of aromatic carboxylic acids is 1. The molecule has 0 bridgehead atoms. The summed E-state index contributed by atoms with van der Waals surface area (Å²) in [6.45, 7) is 8.41. The number of hydrogen-bond donors (Lipinski definition) is 3. The van der Waals surface area contributed by atoms with Crippen LogP contribution >= 0.6 is 0 Å². The third-order valence-electron chi connectivity index (χ3n) is 5.13. The van der Waals surface area contributed by atoms with E-state index in [2.05, 4.69) is 10.0 Å². The third-order valence-corrected chi connectivity index (χ3v) is 6.52. The van der Waals surface area contributed by atoms with Crippen molar-refractivity contribution in [3.63, 3.8) is 0 Å². The van der Waals surface area contributed by atoms with Gasteiger partial charge in [0.05, 0.1) is 22.7 Å². The zero-order valence-electron chi connectivity index (χ0n) is 19.0. The van der Waals surface area contributed by atoms with E-state index in [0.717, 1.165) is 0 Å². The minimum atomic E-state index is -3.83. The number of carboxylic acid groups (broad SMARTS) is 1. The molecule has 10 heteroatoms. The number of carboxylic acids is 1. The molecule has 1 saturated heterocycles. The number of piperazine rings is 1. The highest BCUT2D eigenvalue weighted by Crippen LogP contribution is 2.27. The molecule has 1 aliphatic rings. The van der Waals surface area contributed by atoms with Crippen molar-refractivity contribution in [3.05, 3.63) is 54.1 Å². The summed E-state index contributed by atoms with van der Waals surface area (Å²) < 4.78 is 27.6.